The van der Waals surface area contributed by atoms with Crippen LogP contribution in [0.4, 0.5) is 0 Å². The summed E-state index contributed by atoms with van der Waals surface area (Å²) < 4.78 is 5.72. The van der Waals surface area contributed by atoms with Crippen molar-refractivity contribution >= 4 is 0 Å². The van der Waals surface area contributed by atoms with Gasteiger partial charge >= 0.3 is 0 Å². The predicted octanol–water partition coefficient (Wildman–Crippen LogP) is 1.26. The third-order valence-electron chi connectivity index (χ3n) is 2.90. The topological polar surface area (TPSA) is 12.5 Å². The maximum absolute atomic E-state index is 5.72. The van der Waals surface area contributed by atoms with Crippen LogP contribution in [0.15, 0.2) is 0 Å². The average molecular weight is 155 g/mol. The molecule has 0 aromatic heterocycles. The zero-order valence-corrected chi connectivity index (χ0v) is 7.47. The number of likely N-dealkylation sites (tertiary alicyclic amines) is 1. The Balaban J connectivity index is 1.86. The third kappa shape index (κ3) is 1.18. The fraction of sp³-hybridized carbons (Fsp3) is 1.00. The largest absolute Gasteiger partial charge is 0.372 e. The standard InChI is InChI=1S/C9H17NO/c1-8(2)10-6-9(7-10)4-3-5-11-9/h8H,3-7H2,1-2H3. The first-order chi connectivity index (χ1) is 5.22. The van der Waals surface area contributed by atoms with Gasteiger partial charge in [0.1, 0.15) is 0 Å². The summed E-state index contributed by atoms with van der Waals surface area (Å²) in [6.07, 6.45) is 2.56. The summed E-state index contributed by atoms with van der Waals surface area (Å²) in [7, 11) is 0. The first-order valence-electron chi connectivity index (χ1n) is 4.60. The summed E-state index contributed by atoms with van der Waals surface area (Å²) in [4.78, 5) is 2.48. The minimum absolute atomic E-state index is 0.296. The Morgan fingerprint density at radius 2 is 2.09 bits per heavy atom. The highest BCUT2D eigenvalue weighted by atomic mass is 16.5. The van der Waals surface area contributed by atoms with E-state index in [9.17, 15) is 0 Å². The third-order valence-corrected chi connectivity index (χ3v) is 2.90. The van der Waals surface area contributed by atoms with Gasteiger partial charge in [0.05, 0.1) is 5.60 Å². The van der Waals surface area contributed by atoms with Crippen molar-refractivity contribution in [2.45, 2.75) is 38.3 Å². The van der Waals surface area contributed by atoms with Crippen molar-refractivity contribution in [2.75, 3.05) is 19.7 Å². The van der Waals surface area contributed by atoms with Crippen molar-refractivity contribution in [3.8, 4) is 0 Å². The van der Waals surface area contributed by atoms with E-state index in [-0.39, 0.29) is 0 Å². The molecule has 0 atom stereocenters. The van der Waals surface area contributed by atoms with Gasteiger partial charge in [-0.1, -0.05) is 0 Å². The Morgan fingerprint density at radius 3 is 2.55 bits per heavy atom. The van der Waals surface area contributed by atoms with Gasteiger partial charge in [-0.25, -0.2) is 0 Å². The molecule has 0 radical (unpaired) electrons. The highest BCUT2D eigenvalue weighted by Gasteiger charge is 2.46. The van der Waals surface area contributed by atoms with Crippen LogP contribution in [0.3, 0.4) is 0 Å². The number of nitrogens with zero attached hydrogens (tertiary/aromatic N) is 1. The van der Waals surface area contributed by atoms with Crippen molar-refractivity contribution in [1.82, 2.24) is 4.90 Å². The lowest BCUT2D eigenvalue weighted by Crippen LogP contribution is -2.63. The smallest absolute Gasteiger partial charge is 0.0935 e. The van der Waals surface area contributed by atoms with E-state index in [1.807, 2.05) is 0 Å². The lowest BCUT2D eigenvalue weighted by molar-refractivity contribution is -0.121. The molecule has 0 unspecified atom stereocenters. The Morgan fingerprint density at radius 1 is 1.36 bits per heavy atom. The Labute approximate surface area is 68.5 Å². The molecule has 2 aliphatic rings. The summed E-state index contributed by atoms with van der Waals surface area (Å²) in [6, 6.07) is 0.699. The zero-order valence-electron chi connectivity index (χ0n) is 7.47. The van der Waals surface area contributed by atoms with Gasteiger partial charge in [-0.15, -0.1) is 0 Å². The van der Waals surface area contributed by atoms with Crippen LogP contribution < -0.4 is 0 Å². The Bertz CT molecular complexity index is 142. The number of hydrogen-bond donors (Lipinski definition) is 0. The molecule has 0 aromatic rings. The number of ether oxygens (including phenoxy) is 1. The first-order valence-corrected chi connectivity index (χ1v) is 4.60. The normalized spacial score (nSPS) is 29.7. The van der Waals surface area contributed by atoms with Crippen LogP contribution in [0.25, 0.3) is 0 Å². The van der Waals surface area contributed by atoms with E-state index in [0.717, 1.165) is 6.61 Å². The second-order valence-electron chi connectivity index (χ2n) is 4.13. The Kier molecular flexibility index (Phi) is 1.69. The van der Waals surface area contributed by atoms with Gasteiger partial charge in [-0.05, 0) is 26.7 Å². The average Bonchev–Trinajstić information content (AvgIpc) is 2.29. The van der Waals surface area contributed by atoms with E-state index in [1.165, 1.54) is 25.9 Å². The maximum Gasteiger partial charge on any atom is 0.0935 e. The summed E-state index contributed by atoms with van der Waals surface area (Å²) in [5, 5.41) is 0. The molecule has 0 N–H and O–H groups in total. The molecule has 11 heavy (non-hydrogen) atoms. The maximum atomic E-state index is 5.72. The molecular weight excluding hydrogens is 138 g/mol. The molecular formula is C9H17NO. The van der Waals surface area contributed by atoms with E-state index in [4.69, 9.17) is 4.74 Å². The van der Waals surface area contributed by atoms with Crippen LogP contribution in [0.2, 0.25) is 0 Å². The van der Waals surface area contributed by atoms with Crippen molar-refractivity contribution in [3.05, 3.63) is 0 Å². The van der Waals surface area contributed by atoms with E-state index in [0.29, 0.717) is 11.6 Å². The predicted molar refractivity (Wildman–Crippen MR) is 44.6 cm³/mol. The second kappa shape index (κ2) is 2.46. The molecule has 0 saturated carbocycles. The highest BCUT2D eigenvalue weighted by Crippen LogP contribution is 2.35. The monoisotopic (exact) mass is 155 g/mol. The lowest BCUT2D eigenvalue weighted by Gasteiger charge is -2.49. The van der Waals surface area contributed by atoms with E-state index in [2.05, 4.69) is 18.7 Å². The van der Waals surface area contributed by atoms with Crippen LogP contribution in [0.5, 0.6) is 0 Å². The van der Waals surface area contributed by atoms with Gasteiger partial charge in [0.2, 0.25) is 0 Å². The molecule has 2 fully saturated rings. The van der Waals surface area contributed by atoms with Gasteiger partial charge < -0.3 is 4.74 Å². The molecule has 2 aliphatic heterocycles. The van der Waals surface area contributed by atoms with Crippen LogP contribution in [-0.2, 0) is 4.74 Å². The highest BCUT2D eigenvalue weighted by molar-refractivity contribution is 5.00. The summed E-state index contributed by atoms with van der Waals surface area (Å²) in [5.41, 5.74) is 0.296. The summed E-state index contributed by atoms with van der Waals surface area (Å²) in [5.74, 6) is 0. The molecule has 2 saturated heterocycles. The van der Waals surface area contributed by atoms with Gasteiger partial charge in [-0.3, -0.25) is 4.90 Å². The molecule has 2 nitrogen and oxygen atoms in total. The molecule has 0 bridgehead atoms. The number of rotatable bonds is 1. The fourth-order valence-electron chi connectivity index (χ4n) is 2.06. The quantitative estimate of drug-likeness (QED) is 0.565. The number of hydrogen-bond acceptors (Lipinski definition) is 2. The van der Waals surface area contributed by atoms with Gasteiger partial charge in [0.15, 0.2) is 0 Å². The molecule has 0 aromatic carbocycles. The molecule has 0 aliphatic carbocycles. The fourth-order valence-corrected chi connectivity index (χ4v) is 2.06. The first kappa shape index (κ1) is 7.56. The molecule has 1 spiro atoms. The van der Waals surface area contributed by atoms with E-state index in [1.54, 1.807) is 0 Å². The zero-order chi connectivity index (χ0) is 7.90. The second-order valence-corrected chi connectivity index (χ2v) is 4.13. The van der Waals surface area contributed by atoms with Gasteiger partial charge in [0, 0.05) is 25.7 Å². The minimum atomic E-state index is 0.296. The molecule has 2 heteroatoms. The van der Waals surface area contributed by atoms with Crippen molar-refractivity contribution in [3.63, 3.8) is 0 Å². The van der Waals surface area contributed by atoms with Crippen LogP contribution >= 0.6 is 0 Å². The van der Waals surface area contributed by atoms with Crippen molar-refractivity contribution in [2.24, 2.45) is 0 Å². The van der Waals surface area contributed by atoms with Crippen LogP contribution in [0.1, 0.15) is 26.7 Å². The van der Waals surface area contributed by atoms with Gasteiger partial charge in [0.25, 0.3) is 0 Å². The minimum Gasteiger partial charge on any atom is -0.372 e. The van der Waals surface area contributed by atoms with E-state index >= 15 is 0 Å². The lowest BCUT2D eigenvalue weighted by atomic mass is 9.90. The van der Waals surface area contributed by atoms with Gasteiger partial charge in [-0.2, -0.15) is 0 Å². The van der Waals surface area contributed by atoms with Crippen LogP contribution in [0, 0.1) is 0 Å². The van der Waals surface area contributed by atoms with Crippen molar-refractivity contribution in [1.29, 1.82) is 0 Å². The molecule has 0 amide bonds. The molecule has 2 rings (SSSR count). The molecule has 64 valence electrons. The SMILES string of the molecule is CC(C)N1CC2(CCCO2)C1. The van der Waals surface area contributed by atoms with Crippen molar-refractivity contribution < 1.29 is 4.74 Å². The summed E-state index contributed by atoms with van der Waals surface area (Å²) >= 11 is 0. The molecule has 2 heterocycles. The van der Waals surface area contributed by atoms with Crippen LogP contribution in [-0.4, -0.2) is 36.2 Å². The summed E-state index contributed by atoms with van der Waals surface area (Å²) in [6.45, 7) is 7.84. The Hall–Kier alpha value is -0.0800. The van der Waals surface area contributed by atoms with E-state index < -0.39 is 0 Å².